The number of amides is 1. The van der Waals surface area contributed by atoms with Crippen LogP contribution in [0, 0.1) is 12.7 Å². The Bertz CT molecular complexity index is 339. The molecular weight excluding hydrogens is 183 g/mol. The van der Waals surface area contributed by atoms with Gasteiger partial charge in [-0.05, 0) is 31.7 Å². The average Bonchev–Trinajstić information content (AvgIpc) is 2.12. The molecule has 0 fully saturated rings. The molecule has 2 N–H and O–H groups in total. The van der Waals surface area contributed by atoms with E-state index < -0.39 is 0 Å². The highest BCUT2D eigenvalue weighted by Crippen LogP contribution is 2.13. The van der Waals surface area contributed by atoms with Gasteiger partial charge in [-0.3, -0.25) is 4.79 Å². The summed E-state index contributed by atoms with van der Waals surface area (Å²) in [6.45, 7) is 1.89. The summed E-state index contributed by atoms with van der Waals surface area (Å²) in [6.07, 6.45) is 0. The highest BCUT2D eigenvalue weighted by molar-refractivity contribution is 5.92. The average molecular weight is 196 g/mol. The maximum atomic E-state index is 13.0. The summed E-state index contributed by atoms with van der Waals surface area (Å²) in [6, 6.07) is 4.61. The molecule has 0 bridgehead atoms. The van der Waals surface area contributed by atoms with Crippen molar-refractivity contribution in [2.45, 2.75) is 6.92 Å². The first-order valence-corrected chi connectivity index (χ1v) is 4.34. The summed E-state index contributed by atoms with van der Waals surface area (Å²) in [7, 11) is 1.68. The van der Waals surface area contributed by atoms with Crippen molar-refractivity contribution in [1.82, 2.24) is 5.32 Å². The highest BCUT2D eigenvalue weighted by atomic mass is 19.1. The number of halogens is 1. The molecule has 0 aliphatic carbocycles. The Morgan fingerprint density at radius 2 is 2.21 bits per heavy atom. The molecule has 14 heavy (non-hydrogen) atoms. The molecule has 1 rings (SSSR count). The van der Waals surface area contributed by atoms with Crippen LogP contribution in [-0.4, -0.2) is 19.5 Å². The molecule has 0 saturated carbocycles. The quantitative estimate of drug-likeness (QED) is 0.764. The summed E-state index contributed by atoms with van der Waals surface area (Å²) in [5, 5.41) is 5.28. The molecule has 4 heteroatoms. The van der Waals surface area contributed by atoms with Gasteiger partial charge in [-0.25, -0.2) is 4.39 Å². The Morgan fingerprint density at radius 3 is 2.79 bits per heavy atom. The van der Waals surface area contributed by atoms with E-state index in [1.54, 1.807) is 26.1 Å². The van der Waals surface area contributed by atoms with E-state index >= 15 is 0 Å². The zero-order valence-corrected chi connectivity index (χ0v) is 8.23. The van der Waals surface area contributed by atoms with Crippen molar-refractivity contribution in [2.24, 2.45) is 0 Å². The number of likely N-dealkylation sites (N-methyl/N-ethyl adjacent to an activating group) is 1. The van der Waals surface area contributed by atoms with E-state index in [1.165, 1.54) is 6.07 Å². The fraction of sp³-hybridized carbons (Fsp3) is 0.300. The zero-order valence-electron chi connectivity index (χ0n) is 8.23. The van der Waals surface area contributed by atoms with Gasteiger partial charge < -0.3 is 10.6 Å². The first-order valence-electron chi connectivity index (χ1n) is 4.34. The van der Waals surface area contributed by atoms with Crippen molar-refractivity contribution in [1.29, 1.82) is 0 Å². The van der Waals surface area contributed by atoms with Gasteiger partial charge in [-0.1, -0.05) is 6.07 Å². The third-order valence-electron chi connectivity index (χ3n) is 1.79. The molecule has 0 saturated heterocycles. The van der Waals surface area contributed by atoms with Gasteiger partial charge in [-0.2, -0.15) is 0 Å². The smallest absolute Gasteiger partial charge is 0.238 e. The molecule has 0 radical (unpaired) electrons. The fourth-order valence-corrected chi connectivity index (χ4v) is 1.04. The van der Waals surface area contributed by atoms with Crippen molar-refractivity contribution in [3.8, 4) is 0 Å². The monoisotopic (exact) mass is 196 g/mol. The normalized spacial score (nSPS) is 9.93. The Kier molecular flexibility index (Phi) is 3.59. The zero-order chi connectivity index (χ0) is 10.6. The standard InChI is InChI=1S/C10H13FN2O/c1-7-3-4-8(5-9(7)11)13-10(14)6-12-2/h3-5,12H,6H2,1-2H3,(H,13,14). The first kappa shape index (κ1) is 10.7. The van der Waals surface area contributed by atoms with Crippen LogP contribution in [0.4, 0.5) is 10.1 Å². The third kappa shape index (κ3) is 2.81. The van der Waals surface area contributed by atoms with E-state index in [-0.39, 0.29) is 18.3 Å². The number of carbonyl (C=O) groups is 1. The van der Waals surface area contributed by atoms with Crippen LogP contribution in [-0.2, 0) is 4.79 Å². The van der Waals surface area contributed by atoms with Gasteiger partial charge in [0.1, 0.15) is 5.82 Å². The van der Waals surface area contributed by atoms with Crippen molar-refractivity contribution in [2.75, 3.05) is 18.9 Å². The molecule has 0 aliphatic heterocycles. The van der Waals surface area contributed by atoms with Crippen molar-refractivity contribution in [3.63, 3.8) is 0 Å². The lowest BCUT2D eigenvalue weighted by Gasteiger charge is -2.05. The molecule has 0 aromatic heterocycles. The van der Waals surface area contributed by atoms with Crippen LogP contribution in [0.5, 0.6) is 0 Å². The number of nitrogens with one attached hydrogen (secondary N) is 2. The maximum absolute atomic E-state index is 13.0. The van der Waals surface area contributed by atoms with Gasteiger partial charge in [0.25, 0.3) is 0 Å². The predicted octanol–water partition coefficient (Wildman–Crippen LogP) is 1.29. The van der Waals surface area contributed by atoms with Crippen LogP contribution >= 0.6 is 0 Å². The number of benzene rings is 1. The van der Waals surface area contributed by atoms with E-state index in [2.05, 4.69) is 10.6 Å². The number of carbonyl (C=O) groups excluding carboxylic acids is 1. The van der Waals surface area contributed by atoms with Crippen LogP contribution in [0.1, 0.15) is 5.56 Å². The number of aryl methyl sites for hydroxylation is 1. The molecule has 0 unspecified atom stereocenters. The van der Waals surface area contributed by atoms with Gasteiger partial charge in [-0.15, -0.1) is 0 Å². The summed E-state index contributed by atoms with van der Waals surface area (Å²) >= 11 is 0. The van der Waals surface area contributed by atoms with Gasteiger partial charge in [0.2, 0.25) is 5.91 Å². The lowest BCUT2D eigenvalue weighted by atomic mass is 10.2. The Labute approximate surface area is 82.3 Å². The van der Waals surface area contributed by atoms with Gasteiger partial charge in [0, 0.05) is 5.69 Å². The maximum Gasteiger partial charge on any atom is 0.238 e. The summed E-state index contributed by atoms with van der Waals surface area (Å²) in [4.78, 5) is 11.1. The summed E-state index contributed by atoms with van der Waals surface area (Å²) < 4.78 is 13.0. The Hall–Kier alpha value is -1.42. The predicted molar refractivity (Wildman–Crippen MR) is 53.7 cm³/mol. The summed E-state index contributed by atoms with van der Waals surface area (Å²) in [5.41, 5.74) is 1.05. The highest BCUT2D eigenvalue weighted by Gasteiger charge is 2.02. The van der Waals surface area contributed by atoms with Gasteiger partial charge in [0.05, 0.1) is 6.54 Å². The third-order valence-corrected chi connectivity index (χ3v) is 1.79. The Balaban J connectivity index is 2.68. The second-order valence-corrected chi connectivity index (χ2v) is 3.04. The van der Waals surface area contributed by atoms with Crippen molar-refractivity contribution < 1.29 is 9.18 Å². The largest absolute Gasteiger partial charge is 0.325 e. The molecule has 76 valence electrons. The molecule has 1 aromatic carbocycles. The minimum Gasteiger partial charge on any atom is -0.325 e. The Morgan fingerprint density at radius 1 is 1.50 bits per heavy atom. The molecular formula is C10H13FN2O. The van der Waals surface area contributed by atoms with Gasteiger partial charge in [0.15, 0.2) is 0 Å². The first-order chi connectivity index (χ1) is 6.63. The minimum atomic E-state index is -0.313. The van der Waals surface area contributed by atoms with Gasteiger partial charge >= 0.3 is 0 Å². The van der Waals surface area contributed by atoms with Crippen LogP contribution in [0.25, 0.3) is 0 Å². The van der Waals surface area contributed by atoms with Crippen molar-refractivity contribution in [3.05, 3.63) is 29.6 Å². The van der Waals surface area contributed by atoms with E-state index in [0.29, 0.717) is 11.3 Å². The number of hydrogen-bond acceptors (Lipinski definition) is 2. The molecule has 1 aromatic rings. The molecule has 0 spiro atoms. The molecule has 3 nitrogen and oxygen atoms in total. The van der Waals surface area contributed by atoms with E-state index in [4.69, 9.17) is 0 Å². The summed E-state index contributed by atoms with van der Waals surface area (Å²) in [5.74, 6) is -0.497. The second-order valence-electron chi connectivity index (χ2n) is 3.04. The van der Waals surface area contributed by atoms with Crippen molar-refractivity contribution >= 4 is 11.6 Å². The van der Waals surface area contributed by atoms with Crippen LogP contribution in [0.3, 0.4) is 0 Å². The number of rotatable bonds is 3. The van der Waals surface area contributed by atoms with Crippen LogP contribution in [0.2, 0.25) is 0 Å². The van der Waals surface area contributed by atoms with Crippen LogP contribution in [0.15, 0.2) is 18.2 Å². The molecule has 0 aliphatic rings. The lowest BCUT2D eigenvalue weighted by molar-refractivity contribution is -0.115. The molecule has 0 atom stereocenters. The van der Waals surface area contributed by atoms with E-state index in [0.717, 1.165) is 0 Å². The number of anilines is 1. The molecule has 1 amide bonds. The topological polar surface area (TPSA) is 41.1 Å². The second kappa shape index (κ2) is 4.72. The van der Waals surface area contributed by atoms with E-state index in [1.807, 2.05) is 0 Å². The SMILES string of the molecule is CNCC(=O)Nc1ccc(C)c(F)c1. The number of hydrogen-bond donors (Lipinski definition) is 2. The minimum absolute atomic E-state index is 0.184. The van der Waals surface area contributed by atoms with E-state index in [9.17, 15) is 9.18 Å². The fourth-order valence-electron chi connectivity index (χ4n) is 1.04. The molecule has 0 heterocycles. The lowest BCUT2D eigenvalue weighted by Crippen LogP contribution is -2.25. The van der Waals surface area contributed by atoms with Crippen LogP contribution < -0.4 is 10.6 Å².